The maximum atomic E-state index is 4.65. The van der Waals surface area contributed by atoms with E-state index in [0.717, 1.165) is 39.6 Å². The number of rotatable bonds is 7. The van der Waals surface area contributed by atoms with E-state index in [1.807, 2.05) is 10.9 Å². The molecule has 1 heterocycles. The van der Waals surface area contributed by atoms with Crippen molar-refractivity contribution in [3.05, 3.63) is 75.5 Å². The van der Waals surface area contributed by atoms with Crippen molar-refractivity contribution >= 4 is 33.9 Å². The molecule has 0 radical (unpaired) electrons. The molecule has 0 aliphatic rings. The Morgan fingerprint density at radius 2 is 1.81 bits per heavy atom. The summed E-state index contributed by atoms with van der Waals surface area (Å²) in [6.07, 6.45) is 3.73. The van der Waals surface area contributed by atoms with Gasteiger partial charge in [-0.1, -0.05) is 76.6 Å². The van der Waals surface area contributed by atoms with Crippen molar-refractivity contribution in [2.45, 2.75) is 37.6 Å². The second-order valence-electron chi connectivity index (χ2n) is 6.03. The molecule has 0 bridgehead atoms. The van der Waals surface area contributed by atoms with Gasteiger partial charge in [0.25, 0.3) is 0 Å². The van der Waals surface area contributed by atoms with Crippen molar-refractivity contribution in [3.63, 3.8) is 0 Å². The van der Waals surface area contributed by atoms with Gasteiger partial charge in [-0.3, -0.25) is 0 Å². The number of aryl methyl sites for hydroxylation is 2. The Bertz CT molecular complexity index is 870. The Balaban J connectivity index is 1.79. The van der Waals surface area contributed by atoms with Crippen molar-refractivity contribution in [2.24, 2.45) is 5.10 Å². The van der Waals surface area contributed by atoms with Crippen LogP contribution in [0.5, 0.6) is 0 Å². The molecule has 3 rings (SSSR count). The molecule has 0 N–H and O–H groups in total. The third-order valence-corrected chi connectivity index (χ3v) is 5.35. The molecule has 0 saturated heterocycles. The van der Waals surface area contributed by atoms with E-state index in [-0.39, 0.29) is 0 Å². The van der Waals surface area contributed by atoms with E-state index < -0.39 is 0 Å². The van der Waals surface area contributed by atoms with E-state index in [1.165, 1.54) is 11.1 Å². The summed E-state index contributed by atoms with van der Waals surface area (Å²) in [5.41, 5.74) is 3.55. The van der Waals surface area contributed by atoms with Crippen LogP contribution >= 0.6 is 27.7 Å². The highest BCUT2D eigenvalue weighted by Crippen LogP contribution is 2.23. The fourth-order valence-corrected chi connectivity index (χ4v) is 3.51. The van der Waals surface area contributed by atoms with Gasteiger partial charge in [-0.25, -0.2) is 0 Å². The lowest BCUT2D eigenvalue weighted by atomic mass is 10.2. The summed E-state index contributed by atoms with van der Waals surface area (Å²) in [6, 6.07) is 16.6. The highest BCUT2D eigenvalue weighted by Gasteiger charge is 2.11. The molecular formula is C20H21BrN4S. The topological polar surface area (TPSA) is 43.1 Å². The van der Waals surface area contributed by atoms with Gasteiger partial charge in [0, 0.05) is 16.6 Å². The maximum Gasteiger partial charge on any atom is 0.212 e. The Morgan fingerprint density at radius 1 is 1.08 bits per heavy atom. The molecule has 26 heavy (non-hydrogen) atoms. The second-order valence-corrected chi connectivity index (χ2v) is 7.89. The molecule has 134 valence electrons. The lowest BCUT2D eigenvalue weighted by molar-refractivity contribution is 0.700. The average molecular weight is 429 g/mol. The molecule has 0 unspecified atom stereocenters. The van der Waals surface area contributed by atoms with E-state index >= 15 is 0 Å². The number of thioether (sulfide) groups is 1. The van der Waals surface area contributed by atoms with E-state index in [2.05, 4.69) is 93.6 Å². The number of hydrogen-bond donors (Lipinski definition) is 0. The Morgan fingerprint density at radius 3 is 2.50 bits per heavy atom. The molecule has 0 atom stereocenters. The van der Waals surface area contributed by atoms with Crippen molar-refractivity contribution in [1.29, 1.82) is 0 Å². The van der Waals surface area contributed by atoms with Crippen LogP contribution in [0.2, 0.25) is 0 Å². The quantitative estimate of drug-likeness (QED) is 0.369. The predicted octanol–water partition coefficient (Wildman–Crippen LogP) is 5.48. The number of benzene rings is 2. The molecular weight excluding hydrogens is 408 g/mol. The first-order chi connectivity index (χ1) is 12.7. The molecule has 0 fully saturated rings. The number of hydrogen-bond acceptors (Lipinski definition) is 4. The lowest BCUT2D eigenvalue weighted by Gasteiger charge is -2.04. The molecule has 0 aliphatic carbocycles. The fraction of sp³-hybridized carbons (Fsp3) is 0.250. The van der Waals surface area contributed by atoms with Crippen molar-refractivity contribution in [3.8, 4) is 0 Å². The molecule has 4 nitrogen and oxygen atoms in total. The van der Waals surface area contributed by atoms with Gasteiger partial charge in [-0.15, -0.1) is 10.2 Å². The minimum Gasteiger partial charge on any atom is -0.191 e. The van der Waals surface area contributed by atoms with Gasteiger partial charge in [0.1, 0.15) is 0 Å². The molecule has 0 amide bonds. The van der Waals surface area contributed by atoms with Crippen molar-refractivity contribution in [1.82, 2.24) is 14.9 Å². The van der Waals surface area contributed by atoms with Gasteiger partial charge in [-0.2, -0.15) is 9.78 Å². The van der Waals surface area contributed by atoms with E-state index in [9.17, 15) is 0 Å². The summed E-state index contributed by atoms with van der Waals surface area (Å²) in [5.74, 6) is 1.73. The SMILES string of the molecule is CCCc1nnc(SCc2ccc(Br)cc2)n1/N=C/c1ccc(C)cc1. The zero-order valence-corrected chi connectivity index (χ0v) is 17.3. The lowest BCUT2D eigenvalue weighted by Crippen LogP contribution is -2.00. The van der Waals surface area contributed by atoms with Crippen molar-refractivity contribution < 1.29 is 0 Å². The number of nitrogens with zero attached hydrogens (tertiary/aromatic N) is 4. The van der Waals surface area contributed by atoms with Gasteiger partial charge in [0.05, 0.1) is 6.21 Å². The minimum atomic E-state index is 0.819. The van der Waals surface area contributed by atoms with Crippen LogP contribution in [-0.2, 0) is 12.2 Å². The first-order valence-corrected chi connectivity index (χ1v) is 10.4. The largest absolute Gasteiger partial charge is 0.212 e. The normalized spacial score (nSPS) is 11.3. The molecule has 0 aliphatic heterocycles. The van der Waals surface area contributed by atoms with Crippen LogP contribution in [0.25, 0.3) is 0 Å². The third-order valence-electron chi connectivity index (χ3n) is 3.83. The van der Waals surface area contributed by atoms with Crippen LogP contribution < -0.4 is 0 Å². The standard InChI is InChI=1S/C20H21BrN4S/c1-3-4-19-23-24-20(26-14-17-9-11-18(21)12-10-17)25(19)22-13-16-7-5-15(2)6-8-16/h5-13H,3-4,14H2,1-2H3/b22-13+. The van der Waals surface area contributed by atoms with Crippen LogP contribution in [-0.4, -0.2) is 21.1 Å². The molecule has 3 aromatic rings. The number of aromatic nitrogens is 3. The molecule has 1 aromatic heterocycles. The van der Waals surface area contributed by atoms with Gasteiger partial charge >= 0.3 is 0 Å². The average Bonchev–Trinajstić information content (AvgIpc) is 3.03. The Hall–Kier alpha value is -1.92. The zero-order valence-electron chi connectivity index (χ0n) is 14.9. The van der Waals surface area contributed by atoms with Gasteiger partial charge in [-0.05, 0) is 36.6 Å². The highest BCUT2D eigenvalue weighted by molar-refractivity contribution is 9.10. The minimum absolute atomic E-state index is 0.819. The highest BCUT2D eigenvalue weighted by atomic mass is 79.9. The van der Waals surface area contributed by atoms with Gasteiger partial charge in [0.2, 0.25) is 5.16 Å². The summed E-state index contributed by atoms with van der Waals surface area (Å²) in [6.45, 7) is 4.22. The summed E-state index contributed by atoms with van der Waals surface area (Å²) in [7, 11) is 0. The first-order valence-electron chi connectivity index (χ1n) is 8.58. The van der Waals surface area contributed by atoms with E-state index in [0.29, 0.717) is 0 Å². The second kappa shape index (κ2) is 9.14. The van der Waals surface area contributed by atoms with Crippen LogP contribution in [0.15, 0.2) is 63.3 Å². The smallest absolute Gasteiger partial charge is 0.191 e. The third kappa shape index (κ3) is 5.05. The Kier molecular flexibility index (Phi) is 6.63. The number of halogens is 1. The van der Waals surface area contributed by atoms with E-state index in [4.69, 9.17) is 0 Å². The molecule has 0 spiro atoms. The van der Waals surface area contributed by atoms with Crippen LogP contribution in [0, 0.1) is 6.92 Å². The predicted molar refractivity (Wildman–Crippen MR) is 112 cm³/mol. The summed E-state index contributed by atoms with van der Waals surface area (Å²) < 4.78 is 2.95. The molecule has 0 saturated carbocycles. The van der Waals surface area contributed by atoms with E-state index in [1.54, 1.807) is 11.8 Å². The van der Waals surface area contributed by atoms with Gasteiger partial charge < -0.3 is 0 Å². The first kappa shape index (κ1) is 18.9. The maximum absolute atomic E-state index is 4.65. The van der Waals surface area contributed by atoms with Crippen LogP contribution in [0.1, 0.15) is 35.9 Å². The fourth-order valence-electron chi connectivity index (χ4n) is 2.39. The monoisotopic (exact) mass is 428 g/mol. The van der Waals surface area contributed by atoms with Crippen LogP contribution in [0.4, 0.5) is 0 Å². The van der Waals surface area contributed by atoms with Gasteiger partial charge in [0.15, 0.2) is 5.82 Å². The summed E-state index contributed by atoms with van der Waals surface area (Å²) >= 11 is 5.12. The molecule has 6 heteroatoms. The summed E-state index contributed by atoms with van der Waals surface area (Å²) in [5, 5.41) is 14.1. The van der Waals surface area contributed by atoms with Crippen LogP contribution in [0.3, 0.4) is 0 Å². The molecule has 2 aromatic carbocycles. The summed E-state index contributed by atoms with van der Waals surface area (Å²) in [4.78, 5) is 0. The van der Waals surface area contributed by atoms with Crippen molar-refractivity contribution in [2.75, 3.05) is 0 Å². The zero-order chi connectivity index (χ0) is 18.4. The Labute approximate surface area is 166 Å².